The summed E-state index contributed by atoms with van der Waals surface area (Å²) < 4.78 is 31.2. The van der Waals surface area contributed by atoms with E-state index in [1.807, 2.05) is 6.07 Å². The summed E-state index contributed by atoms with van der Waals surface area (Å²) in [7, 11) is -1.54. The number of anilines is 2. The molecular formula is C21H22N4O3S3. The predicted octanol–water partition coefficient (Wildman–Crippen LogP) is 3.95. The van der Waals surface area contributed by atoms with Gasteiger partial charge in [-0.25, -0.2) is 18.4 Å². The van der Waals surface area contributed by atoms with Crippen LogP contribution >= 0.6 is 22.7 Å². The second-order valence-corrected chi connectivity index (χ2v) is 11.6. The van der Waals surface area contributed by atoms with Gasteiger partial charge in [0, 0.05) is 32.4 Å². The van der Waals surface area contributed by atoms with Gasteiger partial charge in [0.1, 0.15) is 11.3 Å². The first-order valence-corrected chi connectivity index (χ1v) is 13.4. The van der Waals surface area contributed by atoms with Crippen molar-refractivity contribution in [2.24, 2.45) is 0 Å². The largest absolute Gasteiger partial charge is 0.494 e. The molecule has 0 unspecified atom stereocenters. The quantitative estimate of drug-likeness (QED) is 0.443. The SMILES string of the molecule is COc1ccc(C)c2sc(N3CCN(c4nc5ccc(S(C)(=O)=O)cc5s4)CC3)nc12. The molecule has 1 aliphatic rings. The van der Waals surface area contributed by atoms with Crippen molar-refractivity contribution in [2.75, 3.05) is 49.3 Å². The molecule has 162 valence electrons. The molecule has 7 nitrogen and oxygen atoms in total. The minimum Gasteiger partial charge on any atom is -0.494 e. The average molecular weight is 475 g/mol. The fraction of sp³-hybridized carbons (Fsp3) is 0.333. The summed E-state index contributed by atoms with van der Waals surface area (Å²) in [5.41, 5.74) is 2.97. The van der Waals surface area contributed by atoms with E-state index in [0.29, 0.717) is 4.90 Å². The van der Waals surface area contributed by atoms with Crippen LogP contribution in [-0.2, 0) is 9.84 Å². The van der Waals surface area contributed by atoms with E-state index < -0.39 is 9.84 Å². The lowest BCUT2D eigenvalue weighted by Gasteiger charge is -2.34. The third kappa shape index (κ3) is 3.72. The third-order valence-electron chi connectivity index (χ3n) is 5.51. The normalized spacial score (nSPS) is 15.2. The molecule has 0 spiro atoms. The van der Waals surface area contributed by atoms with Crippen molar-refractivity contribution < 1.29 is 13.2 Å². The Morgan fingerprint density at radius 1 is 0.968 bits per heavy atom. The Bertz CT molecular complexity index is 1390. The molecule has 0 aliphatic carbocycles. The summed E-state index contributed by atoms with van der Waals surface area (Å²) in [5, 5.41) is 1.95. The van der Waals surface area contributed by atoms with Gasteiger partial charge in [-0.2, -0.15) is 0 Å². The molecule has 3 heterocycles. The number of hydrogen-bond donors (Lipinski definition) is 0. The van der Waals surface area contributed by atoms with Gasteiger partial charge in [-0.3, -0.25) is 0 Å². The molecule has 2 aromatic heterocycles. The minimum absolute atomic E-state index is 0.335. The topological polar surface area (TPSA) is 75.6 Å². The molecule has 1 aliphatic heterocycles. The van der Waals surface area contributed by atoms with Gasteiger partial charge in [-0.1, -0.05) is 28.7 Å². The number of piperazine rings is 1. The second-order valence-electron chi connectivity index (χ2n) is 7.63. The molecule has 31 heavy (non-hydrogen) atoms. The molecule has 0 amide bonds. The Kier molecular flexibility index (Phi) is 5.03. The Morgan fingerprint density at radius 2 is 1.65 bits per heavy atom. The van der Waals surface area contributed by atoms with Crippen LogP contribution in [0.5, 0.6) is 5.75 Å². The van der Waals surface area contributed by atoms with E-state index in [1.165, 1.54) is 16.5 Å². The first-order valence-electron chi connectivity index (χ1n) is 9.88. The fourth-order valence-corrected chi connectivity index (χ4v) is 6.63. The highest BCUT2D eigenvalue weighted by Crippen LogP contribution is 2.37. The average Bonchev–Trinajstić information content (AvgIpc) is 3.38. The van der Waals surface area contributed by atoms with Gasteiger partial charge in [-0.05, 0) is 36.8 Å². The van der Waals surface area contributed by atoms with E-state index in [0.717, 1.165) is 57.9 Å². The summed E-state index contributed by atoms with van der Waals surface area (Å²) in [5.74, 6) is 0.810. The Balaban J connectivity index is 1.36. The first-order chi connectivity index (χ1) is 14.8. The van der Waals surface area contributed by atoms with Crippen LogP contribution in [0.4, 0.5) is 10.3 Å². The lowest BCUT2D eigenvalue weighted by Crippen LogP contribution is -2.46. The molecule has 0 N–H and O–H groups in total. The predicted molar refractivity (Wildman–Crippen MR) is 128 cm³/mol. The smallest absolute Gasteiger partial charge is 0.186 e. The van der Waals surface area contributed by atoms with Crippen molar-refractivity contribution in [2.45, 2.75) is 11.8 Å². The number of aromatic nitrogens is 2. The van der Waals surface area contributed by atoms with Crippen molar-refractivity contribution in [3.63, 3.8) is 0 Å². The number of methoxy groups -OCH3 is 1. The fourth-order valence-electron chi connectivity index (χ4n) is 3.75. The molecule has 0 radical (unpaired) electrons. The summed E-state index contributed by atoms with van der Waals surface area (Å²) in [6.45, 7) is 5.48. The highest BCUT2D eigenvalue weighted by Gasteiger charge is 2.23. The summed E-state index contributed by atoms with van der Waals surface area (Å²) >= 11 is 3.26. The zero-order valence-electron chi connectivity index (χ0n) is 17.5. The van der Waals surface area contributed by atoms with Crippen LogP contribution in [0.25, 0.3) is 20.4 Å². The van der Waals surface area contributed by atoms with Gasteiger partial charge in [-0.15, -0.1) is 0 Å². The highest BCUT2D eigenvalue weighted by molar-refractivity contribution is 7.90. The number of aryl methyl sites for hydroxylation is 1. The van der Waals surface area contributed by atoms with Gasteiger partial charge >= 0.3 is 0 Å². The van der Waals surface area contributed by atoms with Gasteiger partial charge < -0.3 is 14.5 Å². The lowest BCUT2D eigenvalue weighted by molar-refractivity contribution is 0.419. The molecule has 2 aromatic carbocycles. The number of hydrogen-bond acceptors (Lipinski definition) is 9. The number of sulfone groups is 1. The molecule has 10 heteroatoms. The Hall–Kier alpha value is -2.43. The van der Waals surface area contributed by atoms with E-state index in [2.05, 4.69) is 22.8 Å². The van der Waals surface area contributed by atoms with Gasteiger partial charge in [0.2, 0.25) is 0 Å². The number of rotatable bonds is 4. The van der Waals surface area contributed by atoms with Crippen LogP contribution in [0.15, 0.2) is 35.2 Å². The van der Waals surface area contributed by atoms with E-state index in [9.17, 15) is 8.42 Å². The van der Waals surface area contributed by atoms with E-state index in [1.54, 1.807) is 48.0 Å². The minimum atomic E-state index is -3.22. The Labute approximate surface area is 188 Å². The first kappa shape index (κ1) is 20.5. The van der Waals surface area contributed by atoms with Crippen molar-refractivity contribution in [1.82, 2.24) is 9.97 Å². The summed E-state index contributed by atoms with van der Waals surface area (Å²) in [6, 6.07) is 9.19. The zero-order chi connectivity index (χ0) is 21.8. The molecule has 1 saturated heterocycles. The standard InChI is InChI=1S/C21H22N4O3S3/c1-13-4-7-16(28-2)18-19(13)30-21(23-18)25-10-8-24(9-11-25)20-22-15-6-5-14(31(3,26)27)12-17(15)29-20/h4-7,12H,8-11H2,1-3H3. The molecule has 5 rings (SSSR count). The second kappa shape index (κ2) is 7.61. The number of ether oxygens (including phenoxy) is 1. The molecule has 1 fully saturated rings. The van der Waals surface area contributed by atoms with Crippen LogP contribution in [0.3, 0.4) is 0 Å². The molecule has 0 saturated carbocycles. The maximum atomic E-state index is 11.8. The third-order valence-corrected chi connectivity index (χ3v) is 8.95. The number of benzene rings is 2. The summed E-state index contributed by atoms with van der Waals surface area (Å²) in [6.07, 6.45) is 1.23. The maximum absolute atomic E-state index is 11.8. The van der Waals surface area contributed by atoms with Crippen LogP contribution in [-0.4, -0.2) is 57.9 Å². The number of fused-ring (bicyclic) bond motifs is 2. The van der Waals surface area contributed by atoms with Crippen molar-refractivity contribution in [1.29, 1.82) is 0 Å². The van der Waals surface area contributed by atoms with E-state index >= 15 is 0 Å². The molecule has 4 aromatic rings. The van der Waals surface area contributed by atoms with Gasteiger partial charge in [0.25, 0.3) is 0 Å². The van der Waals surface area contributed by atoms with Crippen LogP contribution in [0.1, 0.15) is 5.56 Å². The van der Waals surface area contributed by atoms with Gasteiger partial charge in [0.05, 0.1) is 26.9 Å². The molecule has 0 atom stereocenters. The van der Waals surface area contributed by atoms with E-state index in [4.69, 9.17) is 14.7 Å². The summed E-state index contributed by atoms with van der Waals surface area (Å²) in [4.78, 5) is 14.5. The molecule has 0 bridgehead atoms. The number of thiazole rings is 2. The van der Waals surface area contributed by atoms with E-state index in [-0.39, 0.29) is 0 Å². The Morgan fingerprint density at radius 3 is 2.29 bits per heavy atom. The monoisotopic (exact) mass is 474 g/mol. The van der Waals surface area contributed by atoms with Crippen molar-refractivity contribution in [3.8, 4) is 5.75 Å². The molecular weight excluding hydrogens is 452 g/mol. The lowest BCUT2D eigenvalue weighted by atomic mass is 10.2. The van der Waals surface area contributed by atoms with Crippen LogP contribution in [0.2, 0.25) is 0 Å². The van der Waals surface area contributed by atoms with Crippen LogP contribution < -0.4 is 14.5 Å². The zero-order valence-corrected chi connectivity index (χ0v) is 19.9. The maximum Gasteiger partial charge on any atom is 0.186 e. The van der Waals surface area contributed by atoms with Crippen molar-refractivity contribution >= 4 is 63.2 Å². The highest BCUT2D eigenvalue weighted by atomic mass is 32.2. The van der Waals surface area contributed by atoms with Gasteiger partial charge in [0.15, 0.2) is 20.1 Å². The van der Waals surface area contributed by atoms with Crippen molar-refractivity contribution in [3.05, 3.63) is 35.9 Å². The number of nitrogens with zero attached hydrogens (tertiary/aromatic N) is 4. The van der Waals surface area contributed by atoms with Crippen LogP contribution in [0, 0.1) is 6.92 Å².